The molecule has 8 nitrogen and oxygen atoms in total. The number of hydrogen-bond donors (Lipinski definition) is 1. The summed E-state index contributed by atoms with van der Waals surface area (Å²) in [6.45, 7) is 3.67. The number of benzene rings is 1. The zero-order valence-corrected chi connectivity index (χ0v) is 16.7. The maximum atomic E-state index is 13.2. The lowest BCUT2D eigenvalue weighted by molar-refractivity contribution is -0.137. The largest absolute Gasteiger partial charge is 0.416 e. The van der Waals surface area contributed by atoms with Gasteiger partial charge in [0.1, 0.15) is 6.33 Å². The van der Waals surface area contributed by atoms with Crippen LogP contribution < -0.4 is 5.32 Å². The van der Waals surface area contributed by atoms with Gasteiger partial charge in [-0.25, -0.2) is 14.2 Å². The van der Waals surface area contributed by atoms with Gasteiger partial charge in [0, 0.05) is 30.2 Å². The number of halogens is 3. The lowest BCUT2D eigenvalue weighted by Crippen LogP contribution is -2.17. The molecule has 0 bridgehead atoms. The molecule has 1 aromatic carbocycles. The summed E-state index contributed by atoms with van der Waals surface area (Å²) in [5, 5.41) is 10.8. The van der Waals surface area contributed by atoms with Gasteiger partial charge in [-0.2, -0.15) is 28.4 Å². The molecule has 0 radical (unpaired) electrons. The number of carbonyl (C=O) groups is 1. The minimum Gasteiger partial charge on any atom is -0.324 e. The van der Waals surface area contributed by atoms with E-state index in [0.717, 1.165) is 29.1 Å². The SMILES string of the molecule is Cc1nc2ncnn2c(C)c1CCC(=O)Nc1cc(C(F)(F)F)ccc1-n1cccn1. The predicted octanol–water partition coefficient (Wildman–Crippen LogP) is 3.52. The highest BCUT2D eigenvalue weighted by Gasteiger charge is 2.31. The van der Waals surface area contributed by atoms with Gasteiger partial charge in [0.2, 0.25) is 5.91 Å². The van der Waals surface area contributed by atoms with Crippen LogP contribution in [0.15, 0.2) is 43.0 Å². The number of alkyl halides is 3. The lowest BCUT2D eigenvalue weighted by Gasteiger charge is -2.15. The average molecular weight is 429 g/mol. The fraction of sp³-hybridized carbons (Fsp3) is 0.250. The number of anilines is 1. The zero-order valence-electron chi connectivity index (χ0n) is 16.7. The van der Waals surface area contributed by atoms with Crippen molar-refractivity contribution in [3.05, 3.63) is 65.5 Å². The van der Waals surface area contributed by atoms with Crippen molar-refractivity contribution < 1.29 is 18.0 Å². The second-order valence-electron chi connectivity index (χ2n) is 6.96. The Morgan fingerprint density at radius 3 is 2.71 bits per heavy atom. The molecule has 160 valence electrons. The van der Waals surface area contributed by atoms with Gasteiger partial charge in [-0.05, 0) is 50.1 Å². The third-order valence-corrected chi connectivity index (χ3v) is 4.94. The van der Waals surface area contributed by atoms with Crippen molar-refractivity contribution in [1.29, 1.82) is 0 Å². The van der Waals surface area contributed by atoms with Gasteiger partial charge in [-0.3, -0.25) is 4.79 Å². The molecule has 0 fully saturated rings. The van der Waals surface area contributed by atoms with E-state index in [4.69, 9.17) is 0 Å². The number of aromatic nitrogens is 6. The average Bonchev–Trinajstić information content (AvgIpc) is 3.39. The Kier molecular flexibility index (Phi) is 5.17. The van der Waals surface area contributed by atoms with Gasteiger partial charge in [-0.1, -0.05) is 0 Å². The summed E-state index contributed by atoms with van der Waals surface area (Å²) < 4.78 is 42.5. The summed E-state index contributed by atoms with van der Waals surface area (Å²) in [4.78, 5) is 21.0. The minimum absolute atomic E-state index is 0.0295. The molecule has 3 aromatic heterocycles. The molecule has 4 aromatic rings. The van der Waals surface area contributed by atoms with Crippen molar-refractivity contribution >= 4 is 17.4 Å². The van der Waals surface area contributed by atoms with E-state index in [1.165, 1.54) is 23.3 Å². The van der Waals surface area contributed by atoms with Crippen LogP contribution in [0.3, 0.4) is 0 Å². The molecule has 0 aliphatic rings. The summed E-state index contributed by atoms with van der Waals surface area (Å²) in [5.74, 6) is 0.0428. The van der Waals surface area contributed by atoms with Crippen LogP contribution >= 0.6 is 0 Å². The Hall–Kier alpha value is -3.76. The summed E-state index contributed by atoms with van der Waals surface area (Å²) in [6.07, 6.45) is 0.359. The van der Waals surface area contributed by atoms with Crippen molar-refractivity contribution in [2.24, 2.45) is 0 Å². The third kappa shape index (κ3) is 4.11. The first-order chi connectivity index (χ1) is 14.7. The van der Waals surface area contributed by atoms with Gasteiger partial charge >= 0.3 is 6.18 Å². The molecule has 0 aliphatic heterocycles. The molecule has 4 rings (SSSR count). The van der Waals surface area contributed by atoms with Crippen LogP contribution in [0.2, 0.25) is 0 Å². The van der Waals surface area contributed by atoms with Gasteiger partial charge < -0.3 is 5.32 Å². The van der Waals surface area contributed by atoms with Crippen LogP contribution in [-0.2, 0) is 17.4 Å². The van der Waals surface area contributed by atoms with Crippen molar-refractivity contribution in [1.82, 2.24) is 29.4 Å². The first-order valence-electron chi connectivity index (χ1n) is 9.41. The molecular formula is C20H18F3N7O. The molecule has 0 spiro atoms. The zero-order chi connectivity index (χ0) is 22.2. The van der Waals surface area contributed by atoms with Gasteiger partial charge in [-0.15, -0.1) is 0 Å². The monoisotopic (exact) mass is 429 g/mol. The summed E-state index contributed by atoms with van der Waals surface area (Å²) in [5.41, 5.74) is 1.88. The van der Waals surface area contributed by atoms with Crippen molar-refractivity contribution in [2.45, 2.75) is 32.9 Å². The molecule has 11 heteroatoms. The normalized spacial score (nSPS) is 11.8. The molecule has 0 aliphatic carbocycles. The van der Waals surface area contributed by atoms with E-state index < -0.39 is 17.6 Å². The van der Waals surface area contributed by atoms with Crippen LogP contribution in [0, 0.1) is 13.8 Å². The Bertz CT molecular complexity index is 1250. The number of nitrogens with one attached hydrogen (secondary N) is 1. The van der Waals surface area contributed by atoms with E-state index in [1.807, 2.05) is 13.8 Å². The van der Waals surface area contributed by atoms with Crippen molar-refractivity contribution in [2.75, 3.05) is 5.32 Å². The van der Waals surface area contributed by atoms with Crippen LogP contribution in [0.25, 0.3) is 11.5 Å². The first-order valence-corrected chi connectivity index (χ1v) is 9.41. The summed E-state index contributed by atoms with van der Waals surface area (Å²) in [6, 6.07) is 4.79. The predicted molar refractivity (Wildman–Crippen MR) is 106 cm³/mol. The second kappa shape index (κ2) is 7.82. The number of hydrogen-bond acceptors (Lipinski definition) is 5. The third-order valence-electron chi connectivity index (χ3n) is 4.94. The topological polar surface area (TPSA) is 90.0 Å². The van der Waals surface area contributed by atoms with E-state index in [2.05, 4.69) is 25.5 Å². The smallest absolute Gasteiger partial charge is 0.324 e. The van der Waals surface area contributed by atoms with Crippen LogP contribution in [0.4, 0.5) is 18.9 Å². The number of amides is 1. The fourth-order valence-electron chi connectivity index (χ4n) is 3.39. The number of fused-ring (bicyclic) bond motifs is 1. The van der Waals surface area contributed by atoms with Crippen molar-refractivity contribution in [3.8, 4) is 5.69 Å². The molecule has 0 atom stereocenters. The van der Waals surface area contributed by atoms with Gasteiger partial charge in [0.05, 0.1) is 16.9 Å². The van der Waals surface area contributed by atoms with E-state index in [9.17, 15) is 18.0 Å². The summed E-state index contributed by atoms with van der Waals surface area (Å²) in [7, 11) is 0. The maximum Gasteiger partial charge on any atom is 0.416 e. The Balaban J connectivity index is 1.57. The number of nitrogens with zero attached hydrogens (tertiary/aromatic N) is 6. The molecule has 3 heterocycles. The molecule has 31 heavy (non-hydrogen) atoms. The van der Waals surface area contributed by atoms with Crippen LogP contribution in [-0.4, -0.2) is 35.3 Å². The van der Waals surface area contributed by atoms with E-state index in [0.29, 0.717) is 17.9 Å². The molecule has 1 N–H and O–H groups in total. The Morgan fingerprint density at radius 1 is 1.19 bits per heavy atom. The number of rotatable bonds is 5. The molecule has 0 unspecified atom stereocenters. The van der Waals surface area contributed by atoms with Crippen LogP contribution in [0.1, 0.15) is 28.9 Å². The van der Waals surface area contributed by atoms with E-state index in [1.54, 1.807) is 16.8 Å². The Labute approximate surface area is 174 Å². The quantitative estimate of drug-likeness (QED) is 0.524. The number of carbonyl (C=O) groups excluding carboxylic acids is 1. The van der Waals surface area contributed by atoms with Crippen LogP contribution in [0.5, 0.6) is 0 Å². The highest BCUT2D eigenvalue weighted by molar-refractivity contribution is 5.93. The maximum absolute atomic E-state index is 13.2. The van der Waals surface area contributed by atoms with E-state index in [-0.39, 0.29) is 12.1 Å². The van der Waals surface area contributed by atoms with Crippen molar-refractivity contribution in [3.63, 3.8) is 0 Å². The molecular weight excluding hydrogens is 411 g/mol. The Morgan fingerprint density at radius 2 is 2.00 bits per heavy atom. The first kappa shape index (κ1) is 20.5. The molecule has 0 saturated heterocycles. The molecule has 0 saturated carbocycles. The fourth-order valence-corrected chi connectivity index (χ4v) is 3.39. The molecule has 1 amide bonds. The van der Waals surface area contributed by atoms with Gasteiger partial charge in [0.25, 0.3) is 5.78 Å². The van der Waals surface area contributed by atoms with Gasteiger partial charge in [0.15, 0.2) is 0 Å². The van der Waals surface area contributed by atoms with E-state index >= 15 is 0 Å². The highest BCUT2D eigenvalue weighted by Crippen LogP contribution is 2.33. The minimum atomic E-state index is -4.53. The standard InChI is InChI=1S/C20H18F3N7O/c1-12-15(13(2)30-19(27-12)24-11-26-30)5-7-18(31)28-16-10-14(20(21,22)23)4-6-17(16)29-9-3-8-25-29/h3-4,6,8-11H,5,7H2,1-2H3,(H,28,31). The highest BCUT2D eigenvalue weighted by atomic mass is 19.4. The number of aryl methyl sites for hydroxylation is 2. The lowest BCUT2D eigenvalue weighted by atomic mass is 10.1. The second-order valence-corrected chi connectivity index (χ2v) is 6.96. The summed E-state index contributed by atoms with van der Waals surface area (Å²) >= 11 is 0.